The van der Waals surface area contributed by atoms with E-state index in [0.29, 0.717) is 10.7 Å². The second kappa shape index (κ2) is 8.34. The van der Waals surface area contributed by atoms with Gasteiger partial charge in [0.25, 0.3) is 0 Å². The maximum atomic E-state index is 9.99. The molecule has 9 heteroatoms. The predicted molar refractivity (Wildman–Crippen MR) is 121 cm³/mol. The van der Waals surface area contributed by atoms with Crippen LogP contribution in [0.2, 0.25) is 5.02 Å². The van der Waals surface area contributed by atoms with Gasteiger partial charge in [0.1, 0.15) is 10.7 Å². The predicted octanol–water partition coefficient (Wildman–Crippen LogP) is 3.91. The highest BCUT2D eigenvalue weighted by Crippen LogP contribution is 2.39. The summed E-state index contributed by atoms with van der Waals surface area (Å²) in [5.41, 5.74) is 8.53. The molecule has 0 amide bonds. The Kier molecular flexibility index (Phi) is 5.94. The lowest BCUT2D eigenvalue weighted by Gasteiger charge is -2.42. The first kappa shape index (κ1) is 21.4. The van der Waals surface area contributed by atoms with Crippen LogP contribution in [0, 0.1) is 12.3 Å². The van der Waals surface area contributed by atoms with Crippen molar-refractivity contribution in [2.24, 2.45) is 11.1 Å². The van der Waals surface area contributed by atoms with Crippen LogP contribution in [0.3, 0.4) is 0 Å². The van der Waals surface area contributed by atoms with E-state index in [4.69, 9.17) is 27.3 Å². The van der Waals surface area contributed by atoms with Gasteiger partial charge < -0.3 is 15.7 Å². The molecule has 1 unspecified atom stereocenters. The van der Waals surface area contributed by atoms with Crippen molar-refractivity contribution in [3.63, 3.8) is 0 Å². The zero-order valence-electron chi connectivity index (χ0n) is 17.4. The van der Waals surface area contributed by atoms with Crippen LogP contribution < -0.4 is 10.6 Å². The van der Waals surface area contributed by atoms with E-state index in [1.807, 2.05) is 19.1 Å². The van der Waals surface area contributed by atoms with Gasteiger partial charge in [-0.25, -0.2) is 9.97 Å². The van der Waals surface area contributed by atoms with Gasteiger partial charge in [-0.3, -0.25) is 5.10 Å². The van der Waals surface area contributed by atoms with Crippen LogP contribution in [0.25, 0.3) is 10.9 Å². The van der Waals surface area contributed by atoms with Crippen LogP contribution >= 0.6 is 23.4 Å². The summed E-state index contributed by atoms with van der Waals surface area (Å²) in [5, 5.41) is 19.3. The van der Waals surface area contributed by atoms with E-state index in [1.54, 1.807) is 6.20 Å². The van der Waals surface area contributed by atoms with Crippen molar-refractivity contribution in [2.75, 3.05) is 18.0 Å². The monoisotopic (exact) mass is 446 g/mol. The van der Waals surface area contributed by atoms with E-state index < -0.39 is 0 Å². The number of nitrogens with zero attached hydrogens (tertiary/aromatic N) is 4. The molecule has 1 aliphatic rings. The summed E-state index contributed by atoms with van der Waals surface area (Å²) >= 11 is 8.00. The number of nitrogens with two attached hydrogens (primary N) is 1. The van der Waals surface area contributed by atoms with Gasteiger partial charge >= 0.3 is 0 Å². The summed E-state index contributed by atoms with van der Waals surface area (Å²) in [6, 6.07) is 4.08. The summed E-state index contributed by atoms with van der Waals surface area (Å²) in [7, 11) is 0. The third kappa shape index (κ3) is 3.89. The maximum absolute atomic E-state index is 9.99. The van der Waals surface area contributed by atoms with Gasteiger partial charge in [0.05, 0.1) is 29.0 Å². The zero-order valence-corrected chi connectivity index (χ0v) is 19.0. The molecule has 0 spiro atoms. The molecule has 0 saturated carbocycles. The smallest absolute Gasteiger partial charge is 0.153 e. The van der Waals surface area contributed by atoms with Gasteiger partial charge in [0.15, 0.2) is 5.82 Å². The number of hydrogen-bond donors (Lipinski definition) is 3. The Balaban J connectivity index is 1.60. The first-order chi connectivity index (χ1) is 14.3. The molecule has 1 atom stereocenters. The minimum Gasteiger partial charge on any atom is -0.390 e. The van der Waals surface area contributed by atoms with Crippen molar-refractivity contribution in [2.45, 2.75) is 56.2 Å². The number of aromatic nitrogens is 4. The molecule has 3 aromatic rings. The first-order valence-electron chi connectivity index (χ1n) is 10.1. The highest BCUT2D eigenvalue weighted by atomic mass is 35.5. The van der Waals surface area contributed by atoms with Crippen molar-refractivity contribution in [3.05, 3.63) is 34.7 Å². The molecule has 30 heavy (non-hydrogen) atoms. The molecule has 1 fully saturated rings. The Hall–Kier alpha value is -1.87. The Morgan fingerprint density at radius 2 is 2.07 bits per heavy atom. The van der Waals surface area contributed by atoms with Crippen LogP contribution in [0.5, 0.6) is 0 Å². The lowest BCUT2D eigenvalue weighted by atomic mass is 9.75. The second-order valence-electron chi connectivity index (χ2n) is 8.29. The molecule has 2 aromatic heterocycles. The molecule has 1 saturated heterocycles. The SMILES string of the molecule is Cc1nc(N2CCC(C)(C(C)N)CC2)c(CO)nc1Sc1ccc2cn[nH]c2c1Cl. The lowest BCUT2D eigenvalue weighted by molar-refractivity contribution is 0.204. The van der Waals surface area contributed by atoms with Crippen molar-refractivity contribution in [3.8, 4) is 0 Å². The summed E-state index contributed by atoms with van der Waals surface area (Å²) < 4.78 is 0. The second-order valence-corrected chi connectivity index (χ2v) is 9.69. The van der Waals surface area contributed by atoms with E-state index in [-0.39, 0.29) is 18.1 Å². The van der Waals surface area contributed by atoms with Gasteiger partial charge in [-0.05, 0) is 44.2 Å². The van der Waals surface area contributed by atoms with Gasteiger partial charge in [-0.2, -0.15) is 5.10 Å². The normalized spacial score (nSPS) is 17.5. The molecular formula is C21H27ClN6OS. The molecule has 3 heterocycles. The number of fused-ring (bicyclic) bond motifs is 1. The highest BCUT2D eigenvalue weighted by Gasteiger charge is 2.34. The number of H-pyrrole nitrogens is 1. The fourth-order valence-corrected chi connectivity index (χ4v) is 5.02. The molecule has 160 valence electrons. The summed E-state index contributed by atoms with van der Waals surface area (Å²) in [4.78, 5) is 12.7. The van der Waals surface area contributed by atoms with E-state index in [0.717, 1.165) is 58.3 Å². The average molecular weight is 447 g/mol. The van der Waals surface area contributed by atoms with Crippen LogP contribution in [-0.2, 0) is 6.61 Å². The molecular weight excluding hydrogens is 420 g/mol. The topological polar surface area (TPSA) is 104 Å². The number of aliphatic hydroxyl groups excluding tert-OH is 1. The fourth-order valence-electron chi connectivity index (χ4n) is 3.81. The number of aromatic amines is 1. The van der Waals surface area contributed by atoms with Crippen molar-refractivity contribution in [1.29, 1.82) is 0 Å². The number of hydrogen-bond acceptors (Lipinski definition) is 7. The molecule has 1 aromatic carbocycles. The van der Waals surface area contributed by atoms with E-state index >= 15 is 0 Å². The molecule has 1 aliphatic heterocycles. The van der Waals surface area contributed by atoms with Crippen LogP contribution in [0.4, 0.5) is 5.82 Å². The van der Waals surface area contributed by atoms with Gasteiger partial charge in [-0.1, -0.05) is 30.3 Å². The molecule has 0 bridgehead atoms. The van der Waals surface area contributed by atoms with Gasteiger partial charge in [-0.15, -0.1) is 0 Å². The standard InChI is InChI=1S/C21H27ClN6OS/c1-12-20(30-16-5-4-14-10-24-27-18(14)17(16)22)26-15(11-29)19(25-12)28-8-6-21(3,7-9-28)13(2)23/h4-5,10,13,29H,6-9,11,23H2,1-3H3,(H,24,27). The lowest BCUT2D eigenvalue weighted by Crippen LogP contribution is -2.47. The van der Waals surface area contributed by atoms with E-state index in [1.165, 1.54) is 11.8 Å². The Morgan fingerprint density at radius 1 is 1.33 bits per heavy atom. The summed E-state index contributed by atoms with van der Waals surface area (Å²) in [6.45, 7) is 7.82. The Labute approximate surface area is 185 Å². The molecule has 7 nitrogen and oxygen atoms in total. The molecule has 4 N–H and O–H groups in total. The number of halogens is 1. The summed E-state index contributed by atoms with van der Waals surface area (Å²) in [6.07, 6.45) is 3.73. The average Bonchev–Trinajstić information content (AvgIpc) is 3.21. The first-order valence-corrected chi connectivity index (χ1v) is 11.3. The number of rotatable bonds is 5. The van der Waals surface area contributed by atoms with Crippen molar-refractivity contribution < 1.29 is 5.11 Å². The number of aryl methyl sites for hydroxylation is 1. The van der Waals surface area contributed by atoms with E-state index in [9.17, 15) is 5.11 Å². The number of aliphatic hydroxyl groups is 1. The van der Waals surface area contributed by atoms with Gasteiger partial charge in [0.2, 0.25) is 0 Å². The highest BCUT2D eigenvalue weighted by molar-refractivity contribution is 7.99. The molecule has 4 rings (SSSR count). The summed E-state index contributed by atoms with van der Waals surface area (Å²) in [5.74, 6) is 0.765. The number of piperidine rings is 1. The van der Waals surface area contributed by atoms with Crippen LogP contribution in [0.1, 0.15) is 38.1 Å². The van der Waals surface area contributed by atoms with Crippen molar-refractivity contribution in [1.82, 2.24) is 20.2 Å². The van der Waals surface area contributed by atoms with Crippen molar-refractivity contribution >= 4 is 40.1 Å². The number of benzene rings is 1. The number of anilines is 1. The largest absolute Gasteiger partial charge is 0.390 e. The van der Waals surface area contributed by atoms with Crippen LogP contribution in [-0.4, -0.2) is 44.4 Å². The minimum atomic E-state index is -0.162. The Morgan fingerprint density at radius 3 is 2.73 bits per heavy atom. The zero-order chi connectivity index (χ0) is 21.5. The molecule has 0 radical (unpaired) electrons. The molecule has 0 aliphatic carbocycles. The van der Waals surface area contributed by atoms with E-state index in [2.05, 4.69) is 28.9 Å². The Bertz CT molecular complexity index is 1060. The number of nitrogens with one attached hydrogen (secondary N) is 1. The maximum Gasteiger partial charge on any atom is 0.153 e. The van der Waals surface area contributed by atoms with Crippen LogP contribution in [0.15, 0.2) is 28.3 Å². The third-order valence-electron chi connectivity index (χ3n) is 6.26. The minimum absolute atomic E-state index is 0.135. The van der Waals surface area contributed by atoms with Gasteiger partial charge in [0, 0.05) is 29.4 Å². The third-order valence-corrected chi connectivity index (χ3v) is 7.90. The fraction of sp³-hybridized carbons (Fsp3) is 0.476. The quantitative estimate of drug-likeness (QED) is 0.545.